The Bertz CT molecular complexity index is 478. The number of carbonyl (C=O) groups is 1. The minimum absolute atomic E-state index is 0.0441. The number of likely N-dealkylation sites (tertiary alicyclic amines) is 1. The van der Waals surface area contributed by atoms with Crippen molar-refractivity contribution in [1.29, 1.82) is 0 Å². The second-order valence-corrected chi connectivity index (χ2v) is 5.41. The Balaban J connectivity index is 2.26. The third kappa shape index (κ3) is 3.81. The van der Waals surface area contributed by atoms with Gasteiger partial charge in [-0.25, -0.2) is 0 Å². The molecule has 0 radical (unpaired) electrons. The third-order valence-corrected chi connectivity index (χ3v) is 3.89. The molecular formula is C16H24N2O3. The van der Waals surface area contributed by atoms with Crippen molar-refractivity contribution in [3.63, 3.8) is 0 Å². The van der Waals surface area contributed by atoms with Gasteiger partial charge in [-0.05, 0) is 17.5 Å². The summed E-state index contributed by atoms with van der Waals surface area (Å²) in [4.78, 5) is 14.1. The van der Waals surface area contributed by atoms with Gasteiger partial charge in [-0.1, -0.05) is 24.3 Å². The molecule has 21 heavy (non-hydrogen) atoms. The molecule has 0 aromatic heterocycles. The van der Waals surface area contributed by atoms with Crippen LogP contribution in [-0.4, -0.2) is 44.2 Å². The van der Waals surface area contributed by atoms with E-state index in [9.17, 15) is 4.79 Å². The molecule has 1 fully saturated rings. The Hall–Kier alpha value is -1.43. The van der Waals surface area contributed by atoms with Crippen LogP contribution in [0.1, 0.15) is 30.0 Å². The number of hydrogen-bond donors (Lipinski definition) is 1. The second-order valence-electron chi connectivity index (χ2n) is 5.41. The molecule has 0 bridgehead atoms. The molecule has 1 saturated heterocycles. The average molecular weight is 292 g/mol. The van der Waals surface area contributed by atoms with Gasteiger partial charge in [0.1, 0.15) is 0 Å². The van der Waals surface area contributed by atoms with E-state index in [1.54, 1.807) is 14.2 Å². The number of nitrogens with zero attached hydrogens (tertiary/aromatic N) is 1. The number of hydrogen-bond acceptors (Lipinski definition) is 4. The first-order valence-electron chi connectivity index (χ1n) is 7.29. The molecule has 0 saturated carbocycles. The number of methoxy groups -OCH3 is 2. The standard InChI is InChI=1S/C16H24N2O3/c1-20-9-8-18-15(19)7-6-14(17)16(18)13-5-3-4-12(10-13)11-21-2/h3-5,10,14,16H,6-9,11,17H2,1-2H3. The van der Waals surface area contributed by atoms with E-state index in [2.05, 4.69) is 6.07 Å². The number of piperidine rings is 1. The zero-order valence-corrected chi connectivity index (χ0v) is 12.7. The van der Waals surface area contributed by atoms with Crippen molar-refractivity contribution in [3.8, 4) is 0 Å². The molecule has 1 aliphatic rings. The van der Waals surface area contributed by atoms with E-state index in [1.807, 2.05) is 23.1 Å². The van der Waals surface area contributed by atoms with Crippen LogP contribution in [-0.2, 0) is 20.9 Å². The van der Waals surface area contributed by atoms with E-state index in [1.165, 1.54) is 0 Å². The van der Waals surface area contributed by atoms with Crippen molar-refractivity contribution in [2.45, 2.75) is 31.5 Å². The van der Waals surface area contributed by atoms with Crippen LogP contribution >= 0.6 is 0 Å². The zero-order valence-electron chi connectivity index (χ0n) is 12.7. The highest BCUT2D eigenvalue weighted by molar-refractivity contribution is 5.78. The van der Waals surface area contributed by atoms with Crippen LogP contribution in [0.4, 0.5) is 0 Å². The van der Waals surface area contributed by atoms with Gasteiger partial charge in [-0.15, -0.1) is 0 Å². The average Bonchev–Trinajstić information content (AvgIpc) is 2.48. The van der Waals surface area contributed by atoms with Crippen molar-refractivity contribution in [3.05, 3.63) is 35.4 Å². The highest BCUT2D eigenvalue weighted by Crippen LogP contribution is 2.31. The number of amides is 1. The summed E-state index contributed by atoms with van der Waals surface area (Å²) in [6.45, 7) is 1.65. The van der Waals surface area contributed by atoms with Crippen molar-refractivity contribution in [2.24, 2.45) is 5.73 Å². The maximum absolute atomic E-state index is 12.2. The summed E-state index contributed by atoms with van der Waals surface area (Å²) in [7, 11) is 3.32. The van der Waals surface area contributed by atoms with Gasteiger partial charge in [0.15, 0.2) is 0 Å². The van der Waals surface area contributed by atoms with E-state index in [4.69, 9.17) is 15.2 Å². The number of ether oxygens (including phenoxy) is 2. The lowest BCUT2D eigenvalue weighted by molar-refractivity contribution is -0.138. The normalized spacial score (nSPS) is 22.6. The molecule has 5 nitrogen and oxygen atoms in total. The van der Waals surface area contributed by atoms with Crippen molar-refractivity contribution in [2.75, 3.05) is 27.4 Å². The summed E-state index contributed by atoms with van der Waals surface area (Å²) in [5.74, 6) is 0.149. The Morgan fingerprint density at radius 1 is 1.33 bits per heavy atom. The minimum Gasteiger partial charge on any atom is -0.383 e. The fourth-order valence-electron chi connectivity index (χ4n) is 2.89. The van der Waals surface area contributed by atoms with E-state index in [-0.39, 0.29) is 18.0 Å². The predicted octanol–water partition coefficient (Wildman–Crippen LogP) is 1.47. The minimum atomic E-state index is -0.0850. The van der Waals surface area contributed by atoms with E-state index >= 15 is 0 Å². The number of benzene rings is 1. The second kappa shape index (κ2) is 7.54. The van der Waals surface area contributed by atoms with Gasteiger partial charge in [0.05, 0.1) is 19.3 Å². The van der Waals surface area contributed by atoms with Crippen molar-refractivity contribution < 1.29 is 14.3 Å². The molecule has 0 spiro atoms. The molecule has 1 heterocycles. The molecule has 2 rings (SSSR count). The first-order chi connectivity index (χ1) is 10.2. The molecular weight excluding hydrogens is 268 g/mol. The maximum atomic E-state index is 12.2. The summed E-state index contributed by atoms with van der Waals surface area (Å²) in [5, 5.41) is 0. The fourth-order valence-corrected chi connectivity index (χ4v) is 2.89. The molecule has 5 heteroatoms. The molecule has 1 aromatic rings. The Kier molecular flexibility index (Phi) is 5.73. The van der Waals surface area contributed by atoms with Gasteiger partial charge >= 0.3 is 0 Å². The Morgan fingerprint density at radius 2 is 2.14 bits per heavy atom. The Labute approximate surface area is 126 Å². The van der Waals surface area contributed by atoms with Gasteiger partial charge in [0.2, 0.25) is 5.91 Å². The summed E-state index contributed by atoms with van der Waals surface area (Å²) in [6, 6.07) is 7.98. The fraction of sp³-hybridized carbons (Fsp3) is 0.562. The van der Waals surface area contributed by atoms with E-state index < -0.39 is 0 Å². The topological polar surface area (TPSA) is 64.8 Å². The van der Waals surface area contributed by atoms with Crippen LogP contribution in [0.3, 0.4) is 0 Å². The molecule has 2 N–H and O–H groups in total. The monoisotopic (exact) mass is 292 g/mol. The first kappa shape index (κ1) is 15.9. The van der Waals surface area contributed by atoms with Crippen LogP contribution in [0.15, 0.2) is 24.3 Å². The lowest BCUT2D eigenvalue weighted by Gasteiger charge is -2.40. The van der Waals surface area contributed by atoms with Crippen molar-refractivity contribution in [1.82, 2.24) is 4.90 Å². The quantitative estimate of drug-likeness (QED) is 0.862. The molecule has 1 aromatic carbocycles. The highest BCUT2D eigenvalue weighted by atomic mass is 16.5. The lowest BCUT2D eigenvalue weighted by atomic mass is 9.90. The molecule has 116 valence electrons. The van der Waals surface area contributed by atoms with Crippen LogP contribution in [0.5, 0.6) is 0 Å². The summed E-state index contributed by atoms with van der Waals surface area (Å²) >= 11 is 0. The predicted molar refractivity (Wildman–Crippen MR) is 80.7 cm³/mol. The van der Waals surface area contributed by atoms with Gasteiger partial charge < -0.3 is 20.1 Å². The summed E-state index contributed by atoms with van der Waals surface area (Å²) < 4.78 is 10.3. The highest BCUT2D eigenvalue weighted by Gasteiger charge is 2.34. The van der Waals surface area contributed by atoms with Gasteiger partial charge in [-0.3, -0.25) is 4.79 Å². The van der Waals surface area contributed by atoms with Crippen LogP contribution in [0.2, 0.25) is 0 Å². The molecule has 1 amide bonds. The summed E-state index contributed by atoms with van der Waals surface area (Å²) in [5.41, 5.74) is 8.45. The first-order valence-corrected chi connectivity index (χ1v) is 7.29. The van der Waals surface area contributed by atoms with Gasteiger partial charge in [0, 0.05) is 33.2 Å². The van der Waals surface area contributed by atoms with Gasteiger partial charge in [0.25, 0.3) is 0 Å². The molecule has 1 aliphatic heterocycles. The SMILES string of the molecule is COCCN1C(=O)CCC(N)C1c1cccc(COC)c1. The molecule has 2 unspecified atom stereocenters. The van der Waals surface area contributed by atoms with E-state index in [0.717, 1.165) is 17.5 Å². The Morgan fingerprint density at radius 3 is 2.86 bits per heavy atom. The molecule has 2 atom stereocenters. The number of carbonyl (C=O) groups excluding carboxylic acids is 1. The van der Waals surface area contributed by atoms with Gasteiger partial charge in [-0.2, -0.15) is 0 Å². The van der Waals surface area contributed by atoms with Crippen LogP contribution < -0.4 is 5.73 Å². The van der Waals surface area contributed by atoms with E-state index in [0.29, 0.717) is 26.2 Å². The van der Waals surface area contributed by atoms with Crippen LogP contribution in [0, 0.1) is 0 Å². The maximum Gasteiger partial charge on any atom is 0.223 e. The largest absolute Gasteiger partial charge is 0.383 e. The zero-order chi connectivity index (χ0) is 15.2. The van der Waals surface area contributed by atoms with Crippen LogP contribution in [0.25, 0.3) is 0 Å². The number of nitrogens with two attached hydrogens (primary N) is 1. The lowest BCUT2D eigenvalue weighted by Crippen LogP contribution is -2.49. The summed E-state index contributed by atoms with van der Waals surface area (Å²) in [6.07, 6.45) is 1.24. The van der Waals surface area contributed by atoms with Crippen molar-refractivity contribution >= 4 is 5.91 Å². The third-order valence-electron chi connectivity index (χ3n) is 3.89. The number of rotatable bonds is 6. The molecule has 0 aliphatic carbocycles. The smallest absolute Gasteiger partial charge is 0.223 e.